The van der Waals surface area contributed by atoms with E-state index in [9.17, 15) is 4.79 Å². The molecule has 2 fully saturated rings. The first-order valence-electron chi connectivity index (χ1n) is 8.67. The highest BCUT2D eigenvalue weighted by Crippen LogP contribution is 2.20. The van der Waals surface area contributed by atoms with Gasteiger partial charge in [-0.15, -0.1) is 0 Å². The molecule has 23 heavy (non-hydrogen) atoms. The van der Waals surface area contributed by atoms with E-state index in [1.165, 1.54) is 0 Å². The number of rotatable bonds is 5. The van der Waals surface area contributed by atoms with Crippen LogP contribution >= 0.6 is 0 Å². The number of hydrogen-bond acceptors (Lipinski definition) is 5. The Hall–Kier alpha value is -1.69. The van der Waals surface area contributed by atoms with E-state index in [1.807, 2.05) is 6.07 Å². The summed E-state index contributed by atoms with van der Waals surface area (Å²) in [5, 5.41) is 2.95. The largest absolute Gasteiger partial charge is 0.376 e. The second-order valence-corrected chi connectivity index (χ2v) is 6.67. The van der Waals surface area contributed by atoms with Crippen LogP contribution in [0, 0.1) is 0 Å². The van der Waals surface area contributed by atoms with E-state index in [4.69, 9.17) is 4.74 Å². The van der Waals surface area contributed by atoms with Gasteiger partial charge in [-0.05, 0) is 37.7 Å². The van der Waals surface area contributed by atoms with Crippen molar-refractivity contribution < 1.29 is 9.53 Å². The molecular weight excluding hydrogens is 292 g/mol. The number of hydrogen-bond donors (Lipinski definition) is 1. The number of nitrogens with one attached hydrogen (secondary N) is 1. The normalized spacial score (nSPS) is 21.2. The van der Waals surface area contributed by atoms with Crippen molar-refractivity contribution in [2.45, 2.75) is 51.6 Å². The van der Waals surface area contributed by atoms with Gasteiger partial charge in [0.05, 0.1) is 6.10 Å². The monoisotopic (exact) mass is 318 g/mol. The Morgan fingerprint density at radius 2 is 2.13 bits per heavy atom. The summed E-state index contributed by atoms with van der Waals surface area (Å²) in [4.78, 5) is 23.8. The summed E-state index contributed by atoms with van der Waals surface area (Å²) in [6.07, 6.45) is 4.56. The van der Waals surface area contributed by atoms with Gasteiger partial charge < -0.3 is 15.0 Å². The van der Waals surface area contributed by atoms with E-state index >= 15 is 0 Å². The second kappa shape index (κ2) is 7.25. The molecule has 0 saturated carbocycles. The fourth-order valence-corrected chi connectivity index (χ4v) is 3.03. The van der Waals surface area contributed by atoms with E-state index in [-0.39, 0.29) is 17.9 Å². The van der Waals surface area contributed by atoms with Gasteiger partial charge in [-0.25, -0.2) is 9.97 Å². The molecule has 1 atom stereocenters. The fraction of sp³-hybridized carbons (Fsp3) is 0.706. The Morgan fingerprint density at radius 3 is 2.78 bits per heavy atom. The number of anilines is 1. The van der Waals surface area contributed by atoms with Gasteiger partial charge in [0.15, 0.2) is 0 Å². The predicted molar refractivity (Wildman–Crippen MR) is 88.9 cm³/mol. The Morgan fingerprint density at radius 1 is 1.35 bits per heavy atom. The molecule has 0 aromatic carbocycles. The Labute approximate surface area is 137 Å². The number of carbonyl (C=O) groups is 1. The van der Waals surface area contributed by atoms with Gasteiger partial charge in [-0.1, -0.05) is 13.8 Å². The highest BCUT2D eigenvalue weighted by Gasteiger charge is 2.21. The standard InChI is InChI=1S/C17H26N4O2/c1-12(2)14-10-15(16(22)18-11-13-6-5-9-23-13)20-17(19-14)21-7-3-4-8-21/h10,12-13H,3-9,11H2,1-2H3,(H,18,22). The molecule has 2 aliphatic rings. The third kappa shape index (κ3) is 3.99. The molecule has 0 spiro atoms. The van der Waals surface area contributed by atoms with Crippen LogP contribution in [0.3, 0.4) is 0 Å². The van der Waals surface area contributed by atoms with Crippen molar-refractivity contribution >= 4 is 11.9 Å². The van der Waals surface area contributed by atoms with E-state index < -0.39 is 0 Å². The molecular formula is C17H26N4O2. The Bertz CT molecular complexity index is 550. The van der Waals surface area contributed by atoms with Crippen LogP contribution < -0.4 is 10.2 Å². The van der Waals surface area contributed by atoms with Crippen molar-refractivity contribution in [1.82, 2.24) is 15.3 Å². The number of ether oxygens (including phenoxy) is 1. The summed E-state index contributed by atoms with van der Waals surface area (Å²) in [7, 11) is 0. The molecule has 0 bridgehead atoms. The van der Waals surface area contributed by atoms with Crippen molar-refractivity contribution in [1.29, 1.82) is 0 Å². The second-order valence-electron chi connectivity index (χ2n) is 6.67. The van der Waals surface area contributed by atoms with Gasteiger partial charge in [0.1, 0.15) is 5.69 Å². The van der Waals surface area contributed by atoms with Gasteiger partial charge in [-0.2, -0.15) is 0 Å². The quantitative estimate of drug-likeness (QED) is 0.900. The van der Waals surface area contributed by atoms with Crippen LogP contribution in [0.4, 0.5) is 5.95 Å². The van der Waals surface area contributed by atoms with Crippen molar-refractivity contribution in [3.05, 3.63) is 17.5 Å². The first-order chi connectivity index (χ1) is 11.1. The van der Waals surface area contributed by atoms with Gasteiger partial charge in [0.2, 0.25) is 5.95 Å². The minimum atomic E-state index is -0.134. The first-order valence-corrected chi connectivity index (χ1v) is 8.67. The molecule has 126 valence electrons. The molecule has 0 radical (unpaired) electrons. The van der Waals surface area contributed by atoms with E-state index in [1.54, 1.807) is 0 Å². The maximum absolute atomic E-state index is 12.5. The maximum Gasteiger partial charge on any atom is 0.270 e. The maximum atomic E-state index is 12.5. The molecule has 3 heterocycles. The number of amides is 1. The average molecular weight is 318 g/mol. The van der Waals surface area contributed by atoms with Crippen molar-refractivity contribution in [2.24, 2.45) is 0 Å². The number of aromatic nitrogens is 2. The molecule has 3 rings (SSSR count). The summed E-state index contributed by atoms with van der Waals surface area (Å²) in [5.41, 5.74) is 1.38. The molecule has 6 nitrogen and oxygen atoms in total. The Balaban J connectivity index is 1.74. The van der Waals surface area contributed by atoms with Crippen LogP contribution in [0.25, 0.3) is 0 Å². The zero-order valence-electron chi connectivity index (χ0n) is 14.0. The van der Waals surface area contributed by atoms with E-state index in [2.05, 4.69) is 34.0 Å². The molecule has 1 unspecified atom stereocenters. The molecule has 1 amide bonds. The van der Waals surface area contributed by atoms with Crippen molar-refractivity contribution in [2.75, 3.05) is 31.1 Å². The lowest BCUT2D eigenvalue weighted by Gasteiger charge is -2.18. The number of nitrogens with zero attached hydrogens (tertiary/aromatic N) is 3. The smallest absolute Gasteiger partial charge is 0.270 e. The van der Waals surface area contributed by atoms with Gasteiger partial charge in [0, 0.05) is 31.9 Å². The number of carbonyl (C=O) groups excluding carboxylic acids is 1. The summed E-state index contributed by atoms with van der Waals surface area (Å²) in [5.74, 6) is 0.824. The van der Waals surface area contributed by atoms with Crippen molar-refractivity contribution in [3.8, 4) is 0 Å². The minimum Gasteiger partial charge on any atom is -0.376 e. The van der Waals surface area contributed by atoms with E-state index in [0.29, 0.717) is 18.2 Å². The van der Waals surface area contributed by atoms with Crippen molar-refractivity contribution in [3.63, 3.8) is 0 Å². The highest BCUT2D eigenvalue weighted by molar-refractivity contribution is 5.92. The molecule has 2 aliphatic heterocycles. The third-order valence-electron chi connectivity index (χ3n) is 4.46. The van der Waals surface area contributed by atoms with Gasteiger partial charge in [-0.3, -0.25) is 4.79 Å². The molecule has 6 heteroatoms. The zero-order chi connectivity index (χ0) is 16.2. The molecule has 2 saturated heterocycles. The van der Waals surface area contributed by atoms with Crippen LogP contribution in [-0.2, 0) is 4.74 Å². The Kier molecular flexibility index (Phi) is 5.10. The van der Waals surface area contributed by atoms with Crippen LogP contribution in [0.5, 0.6) is 0 Å². The topological polar surface area (TPSA) is 67.3 Å². The highest BCUT2D eigenvalue weighted by atomic mass is 16.5. The van der Waals surface area contributed by atoms with Crippen LogP contribution in [-0.4, -0.2) is 48.2 Å². The lowest BCUT2D eigenvalue weighted by Crippen LogP contribution is -2.33. The summed E-state index contributed by atoms with van der Waals surface area (Å²) < 4.78 is 5.55. The van der Waals surface area contributed by atoms with Crippen LogP contribution in [0.2, 0.25) is 0 Å². The third-order valence-corrected chi connectivity index (χ3v) is 4.46. The van der Waals surface area contributed by atoms with Crippen LogP contribution in [0.15, 0.2) is 6.07 Å². The molecule has 0 aliphatic carbocycles. The lowest BCUT2D eigenvalue weighted by molar-refractivity contribution is 0.0853. The zero-order valence-corrected chi connectivity index (χ0v) is 14.0. The average Bonchev–Trinajstić information content (AvgIpc) is 3.25. The van der Waals surface area contributed by atoms with E-state index in [0.717, 1.165) is 51.1 Å². The minimum absolute atomic E-state index is 0.134. The summed E-state index contributed by atoms with van der Waals surface area (Å²) >= 11 is 0. The lowest BCUT2D eigenvalue weighted by atomic mass is 10.1. The summed E-state index contributed by atoms with van der Waals surface area (Å²) in [6.45, 7) is 7.47. The first kappa shape index (κ1) is 16.2. The predicted octanol–water partition coefficient (Wildman–Crippen LogP) is 2.11. The van der Waals surface area contributed by atoms with Gasteiger partial charge >= 0.3 is 0 Å². The molecule has 1 aromatic heterocycles. The fourth-order valence-electron chi connectivity index (χ4n) is 3.03. The van der Waals surface area contributed by atoms with Gasteiger partial charge in [0.25, 0.3) is 5.91 Å². The molecule has 1 aromatic rings. The summed E-state index contributed by atoms with van der Waals surface area (Å²) in [6, 6.07) is 1.81. The molecule has 1 N–H and O–H groups in total. The van der Waals surface area contributed by atoms with Crippen LogP contribution in [0.1, 0.15) is 61.6 Å². The SMILES string of the molecule is CC(C)c1cc(C(=O)NCC2CCCO2)nc(N2CCCC2)n1.